The van der Waals surface area contributed by atoms with Crippen LogP contribution in [-0.2, 0) is 47.9 Å². The fourth-order valence-corrected chi connectivity index (χ4v) is 20.6. The second-order valence-corrected chi connectivity index (χ2v) is 37.9. The molecule has 4 atom stereocenters. The molecule has 11 amide bonds. The Balaban J connectivity index is 0.000000183. The van der Waals surface area contributed by atoms with Crippen molar-refractivity contribution in [1.29, 1.82) is 0 Å². The van der Waals surface area contributed by atoms with Gasteiger partial charge >= 0.3 is 5.97 Å². The molecule has 16 rings (SSSR count). The van der Waals surface area contributed by atoms with Crippen molar-refractivity contribution in [3.8, 4) is 21.5 Å². The van der Waals surface area contributed by atoms with Crippen LogP contribution in [0.15, 0.2) is 94.9 Å². The van der Waals surface area contributed by atoms with Crippen LogP contribution in [0.2, 0.25) is 10.0 Å². The molecule has 4 aromatic heterocycles. The zero-order chi connectivity index (χ0) is 96.0. The van der Waals surface area contributed by atoms with Crippen molar-refractivity contribution in [3.05, 3.63) is 184 Å². The number of amides is 11. The number of rotatable bonds is 35. The van der Waals surface area contributed by atoms with Crippen LogP contribution in [0.25, 0.3) is 10.0 Å². The second kappa shape index (κ2) is 44.9. The summed E-state index contributed by atoms with van der Waals surface area (Å²) in [7, 11) is 0. The molecule has 0 spiro atoms. The highest BCUT2D eigenvalue weighted by Crippen LogP contribution is 2.44. The third-order valence-electron chi connectivity index (χ3n) is 25.4. The number of piperidine rings is 2. The minimum absolute atomic E-state index is 0.00831. The maximum Gasteiger partial charge on any atom is 0.341 e. The number of Topliss-reactive ketones (excluding diaryl/α,β-unsaturated/α-hetero) is 2. The normalized spacial score (nSPS) is 18.1. The summed E-state index contributed by atoms with van der Waals surface area (Å²) in [5.41, 5.74) is 13.6. The van der Waals surface area contributed by atoms with Gasteiger partial charge in [0, 0.05) is 152 Å². The molecule has 4 fully saturated rings. The van der Waals surface area contributed by atoms with Crippen molar-refractivity contribution in [2.24, 2.45) is 15.7 Å². The molecule has 0 aliphatic carbocycles. The van der Waals surface area contributed by atoms with Gasteiger partial charge in [-0.1, -0.05) is 72.4 Å². The number of ether oxygens (including phenoxy) is 2. The third-order valence-corrected chi connectivity index (χ3v) is 28.3. The van der Waals surface area contributed by atoms with Gasteiger partial charge in [-0.2, -0.15) is 0 Å². The molecule has 8 aliphatic heterocycles. The Morgan fingerprint density at radius 3 is 1.30 bits per heavy atom. The van der Waals surface area contributed by atoms with Crippen LogP contribution < -0.4 is 31.2 Å². The number of thiophene rings is 2. The molecule has 6 N–H and O–H groups in total. The molecule has 4 aromatic carbocycles. The lowest BCUT2D eigenvalue weighted by Crippen LogP contribution is -2.54. The molecule has 2 unspecified atom stereocenters. The summed E-state index contributed by atoms with van der Waals surface area (Å²) in [6.07, 6.45) is 11.1. The van der Waals surface area contributed by atoms with E-state index in [1.807, 2.05) is 72.2 Å². The molecule has 712 valence electrons. The first-order chi connectivity index (χ1) is 64.9. The van der Waals surface area contributed by atoms with Crippen LogP contribution in [0.4, 0.5) is 0 Å². The molecule has 8 aliphatic rings. The number of aliphatic imine (C=N–C) groups is 2. The van der Waals surface area contributed by atoms with Crippen molar-refractivity contribution in [2.75, 3.05) is 91.8 Å². The van der Waals surface area contributed by atoms with Crippen molar-refractivity contribution in [2.45, 2.75) is 194 Å². The van der Waals surface area contributed by atoms with Crippen molar-refractivity contribution >= 4 is 140 Å². The number of piperazine rings is 2. The summed E-state index contributed by atoms with van der Waals surface area (Å²) in [6, 6.07) is 21.0. The molecule has 0 bridgehead atoms. The Hall–Kier alpha value is -12.3. The number of nitrogens with one attached hydrogen (secondary N) is 3. The van der Waals surface area contributed by atoms with Crippen molar-refractivity contribution in [3.63, 3.8) is 0 Å². The molecular formula is C96H110Cl2N18O17S2. The Labute approximate surface area is 798 Å². The third kappa shape index (κ3) is 23.1. The lowest BCUT2D eigenvalue weighted by molar-refractivity contribution is -0.139. The molecule has 0 saturated carbocycles. The number of halogens is 2. The van der Waals surface area contributed by atoms with E-state index in [4.69, 9.17) is 53.5 Å². The van der Waals surface area contributed by atoms with Crippen LogP contribution in [-0.4, -0.2) is 262 Å². The van der Waals surface area contributed by atoms with Gasteiger partial charge in [0.05, 0.1) is 33.7 Å². The number of imide groups is 4. The summed E-state index contributed by atoms with van der Waals surface area (Å²) in [4.78, 5) is 197. The number of aliphatic carboxylic acids is 1. The van der Waals surface area contributed by atoms with Crippen LogP contribution in [0, 0.1) is 41.5 Å². The number of carboxylic acid groups (broad SMARTS) is 1. The standard InChI is InChI=1S/C48H54ClN9O8S.C33H44ClN7O2S.C15H12N2O7/c1-28-29(2)67-48-41(28)43(31-14-16-32(49)17-15-31)51-35(44-54-53-30(3)57(44)48)26-33(59)10-6-8-21-55-22-24-56(25-23-55)40(62)13-5-4-7-20-50-39(61)27-66-37-12-9-11-34-42(37)47(65)58(46(34)64)36-18-19-38(60)52-45(36)63;1-22-23(2)44-33-30(22)31(25-11-13-26(34)14-12-25)36-28(32-38-37-24(3)41(32)33)21-27(42)9-6-8-16-39-17-19-40(20-18-39)29(43)10-5-4-7-15-35;18-10-5-4-8(13(21)16-10)17-14(22)7-2-1-3-9(12(7)15(17)23)24-6-11(19)20/h9,11-12,14-17,35-36H,4-8,10,13,18-27H2,1-3H3,(H,50,61)(H,52,60,63);11-14,28H,4-10,15-21,35H2,1-3H3;1-3,8H,4-6H2,(H,19,20)(H,16,18,21)/t35-,36?;28-;/m00./s1. The number of benzene rings is 4. The summed E-state index contributed by atoms with van der Waals surface area (Å²) in [6.45, 7) is 20.4. The molecule has 135 heavy (non-hydrogen) atoms. The number of ketones is 2. The predicted octanol–water partition coefficient (Wildman–Crippen LogP) is 10.4. The van der Waals surface area contributed by atoms with Gasteiger partial charge in [-0.05, 0) is 185 Å². The van der Waals surface area contributed by atoms with Crippen molar-refractivity contribution < 1.29 is 81.7 Å². The molecule has 35 nitrogen and oxygen atoms in total. The van der Waals surface area contributed by atoms with E-state index in [2.05, 4.69) is 83.0 Å². The van der Waals surface area contributed by atoms with Gasteiger partial charge in [-0.15, -0.1) is 43.1 Å². The van der Waals surface area contributed by atoms with Crippen LogP contribution in [0.1, 0.15) is 248 Å². The number of nitrogens with two attached hydrogens (primary N) is 1. The van der Waals surface area contributed by atoms with Gasteiger partial charge in [0.15, 0.2) is 24.9 Å². The van der Waals surface area contributed by atoms with Gasteiger partial charge in [-0.25, -0.2) is 4.79 Å². The highest BCUT2D eigenvalue weighted by molar-refractivity contribution is 7.15. The number of fused-ring (bicyclic) bond motifs is 8. The number of carboxylic acids is 1. The van der Waals surface area contributed by atoms with Crippen LogP contribution in [0.5, 0.6) is 11.5 Å². The van der Waals surface area contributed by atoms with E-state index in [9.17, 15) is 67.1 Å². The number of hydrogen-bond acceptors (Lipinski definition) is 27. The predicted molar refractivity (Wildman–Crippen MR) is 503 cm³/mol. The van der Waals surface area contributed by atoms with E-state index >= 15 is 0 Å². The Morgan fingerprint density at radius 2 is 0.889 bits per heavy atom. The summed E-state index contributed by atoms with van der Waals surface area (Å²) >= 11 is 15.9. The topological polar surface area (TPSA) is 445 Å². The number of nitrogens with zero attached hydrogens (tertiary/aromatic N) is 14. The number of aromatic nitrogens is 6. The quantitative estimate of drug-likeness (QED) is 0.0182. The Kier molecular flexibility index (Phi) is 32.9. The average molecular weight is 1920 g/mol. The lowest BCUT2D eigenvalue weighted by atomic mass is 9.99. The van der Waals surface area contributed by atoms with Crippen LogP contribution >= 0.6 is 45.9 Å². The van der Waals surface area contributed by atoms with Crippen molar-refractivity contribution in [1.82, 2.24) is 74.9 Å². The summed E-state index contributed by atoms with van der Waals surface area (Å²) in [5, 5.41) is 37.0. The lowest BCUT2D eigenvalue weighted by Gasteiger charge is -2.34. The first-order valence-electron chi connectivity index (χ1n) is 45.8. The molecule has 39 heteroatoms. The number of unbranched alkanes of at least 4 members (excludes halogenated alkanes) is 6. The van der Waals surface area contributed by atoms with E-state index in [1.165, 1.54) is 51.7 Å². The fraction of sp³-hybridized carbons (Fsp3) is 0.458. The van der Waals surface area contributed by atoms with E-state index in [1.54, 1.807) is 22.7 Å². The molecule has 0 radical (unpaired) electrons. The maximum absolute atomic E-state index is 13.5. The first-order valence-corrected chi connectivity index (χ1v) is 48.2. The maximum atomic E-state index is 13.5. The van der Waals surface area contributed by atoms with E-state index < -0.39 is 89.9 Å². The molecule has 8 aromatic rings. The van der Waals surface area contributed by atoms with Gasteiger partial charge in [0.1, 0.15) is 68.9 Å². The zero-order valence-corrected chi connectivity index (χ0v) is 79.5. The molecule has 4 saturated heterocycles. The molecular weight excluding hydrogens is 1810 g/mol. The monoisotopic (exact) mass is 1920 g/mol. The zero-order valence-electron chi connectivity index (χ0n) is 76.3. The van der Waals surface area contributed by atoms with Gasteiger partial charge < -0.3 is 35.4 Å². The Morgan fingerprint density at radius 1 is 0.481 bits per heavy atom. The van der Waals surface area contributed by atoms with E-state index in [-0.39, 0.29) is 102 Å². The van der Waals surface area contributed by atoms with E-state index in [0.29, 0.717) is 86.4 Å². The summed E-state index contributed by atoms with van der Waals surface area (Å²) in [5.74, 6) is -3.11. The SMILES string of the molecule is Cc1sc2c(c1C)C(c1ccc(Cl)cc1)=N[C@@H](CC(=O)CCCCN1CCN(C(=O)CCCCCN)CC1)c1nnc(C)n1-2.Cc1sc2c(c1C)C(c1ccc(Cl)cc1)=N[C@@H](CC(=O)CCCCN1CCN(C(=O)CCCCCNC(=O)COc3cccc4c3C(=O)N(C3CCC(=O)NC3=O)C4=O)CC1)c1nnc(C)n1-2.O=C(O)COc1cccc2c1C(=O)N(C1CCC(=O)NC1=O)C2=O. The highest BCUT2D eigenvalue weighted by atomic mass is 35.5. The van der Waals surface area contributed by atoms with Gasteiger partial charge in [0.2, 0.25) is 35.4 Å². The molecule has 12 heterocycles. The largest absolute Gasteiger partial charge is 0.483 e. The number of hydrogen-bond donors (Lipinski definition) is 5. The Bertz CT molecular complexity index is 5970. The van der Waals surface area contributed by atoms with Crippen LogP contribution in [0.3, 0.4) is 0 Å². The average Bonchev–Trinajstić information content (AvgIpc) is 1.60. The van der Waals surface area contributed by atoms with Gasteiger partial charge in [-0.3, -0.25) is 112 Å². The minimum atomic E-state index is -1.23. The highest BCUT2D eigenvalue weighted by Gasteiger charge is 2.49. The number of carbonyl (C=O) groups excluding carboxylic acids is 13. The van der Waals surface area contributed by atoms with Gasteiger partial charge in [0.25, 0.3) is 29.5 Å². The smallest absolute Gasteiger partial charge is 0.341 e. The number of aryl methyl sites for hydroxylation is 4. The van der Waals surface area contributed by atoms with E-state index in [0.717, 1.165) is 174 Å². The second-order valence-electron chi connectivity index (χ2n) is 34.6. The fourth-order valence-electron chi connectivity index (χ4n) is 17.9. The minimum Gasteiger partial charge on any atom is -0.483 e. The first kappa shape index (κ1) is 98.7. The summed E-state index contributed by atoms with van der Waals surface area (Å²) < 4.78 is 14.9. The number of carbonyl (C=O) groups is 14.